The zero-order valence-electron chi connectivity index (χ0n) is 15.8. The van der Waals surface area contributed by atoms with Crippen LogP contribution in [0, 0.1) is 5.82 Å². The van der Waals surface area contributed by atoms with Crippen LogP contribution in [-0.4, -0.2) is 37.3 Å². The van der Waals surface area contributed by atoms with Gasteiger partial charge >= 0.3 is 0 Å². The average Bonchev–Trinajstić information content (AvgIpc) is 2.76. The molecule has 0 saturated carbocycles. The molecule has 148 valence electrons. The highest BCUT2D eigenvalue weighted by Gasteiger charge is 2.29. The highest BCUT2D eigenvalue weighted by Crippen LogP contribution is 2.30. The second-order valence-corrected chi connectivity index (χ2v) is 6.92. The van der Waals surface area contributed by atoms with Crippen molar-refractivity contribution in [3.63, 3.8) is 0 Å². The van der Waals surface area contributed by atoms with Crippen LogP contribution in [0.1, 0.15) is 36.6 Å². The van der Waals surface area contributed by atoms with Gasteiger partial charge in [-0.25, -0.2) is 19.3 Å². The average molecular weight is 392 g/mol. The molecule has 3 aromatic rings. The lowest BCUT2D eigenvalue weighted by Gasteiger charge is -2.35. The zero-order valence-corrected chi connectivity index (χ0v) is 15.8. The van der Waals surface area contributed by atoms with Crippen molar-refractivity contribution in [3.05, 3.63) is 72.2 Å². The number of amides is 1. The van der Waals surface area contributed by atoms with E-state index in [0.29, 0.717) is 18.3 Å². The fraction of sp³-hybridized carbons (Fsp3) is 0.286. The van der Waals surface area contributed by atoms with Gasteiger partial charge in [0.15, 0.2) is 5.82 Å². The first-order valence-corrected chi connectivity index (χ1v) is 9.59. The number of anilines is 2. The third kappa shape index (κ3) is 4.71. The SMILES string of the molecule is O=C(Cc1ccc(F)cc1)N1CCCCC1c1ccnc(Nc2cnccn2)n1. The Morgan fingerprint density at radius 2 is 1.97 bits per heavy atom. The number of nitrogens with zero attached hydrogens (tertiary/aromatic N) is 5. The second kappa shape index (κ2) is 8.72. The molecule has 1 amide bonds. The number of piperidine rings is 1. The van der Waals surface area contributed by atoms with E-state index < -0.39 is 0 Å². The van der Waals surface area contributed by atoms with E-state index >= 15 is 0 Å². The molecule has 8 heteroatoms. The molecule has 0 aliphatic carbocycles. The van der Waals surface area contributed by atoms with E-state index in [1.807, 2.05) is 11.0 Å². The minimum absolute atomic E-state index is 0.0170. The minimum atomic E-state index is -0.304. The normalized spacial score (nSPS) is 16.4. The van der Waals surface area contributed by atoms with Crippen LogP contribution in [-0.2, 0) is 11.2 Å². The summed E-state index contributed by atoms with van der Waals surface area (Å²) in [5, 5.41) is 3.04. The Balaban J connectivity index is 1.51. The molecule has 7 nitrogen and oxygen atoms in total. The monoisotopic (exact) mass is 392 g/mol. The molecule has 1 unspecified atom stereocenters. The minimum Gasteiger partial charge on any atom is -0.334 e. The van der Waals surface area contributed by atoms with Gasteiger partial charge in [0.1, 0.15) is 5.82 Å². The maximum atomic E-state index is 13.1. The van der Waals surface area contributed by atoms with Crippen molar-refractivity contribution in [1.82, 2.24) is 24.8 Å². The first kappa shape index (κ1) is 18.9. The van der Waals surface area contributed by atoms with Gasteiger partial charge < -0.3 is 10.2 Å². The fourth-order valence-corrected chi connectivity index (χ4v) is 3.51. The number of rotatable bonds is 5. The summed E-state index contributed by atoms with van der Waals surface area (Å²) in [5.74, 6) is 0.682. The van der Waals surface area contributed by atoms with Crippen molar-refractivity contribution in [1.29, 1.82) is 0 Å². The Kier molecular flexibility index (Phi) is 5.69. The lowest BCUT2D eigenvalue weighted by atomic mass is 9.98. The van der Waals surface area contributed by atoms with Crippen LogP contribution in [0.15, 0.2) is 55.1 Å². The molecule has 0 radical (unpaired) electrons. The summed E-state index contributed by atoms with van der Waals surface area (Å²) in [6.45, 7) is 0.682. The Labute approximate surface area is 168 Å². The molecule has 1 aliphatic heterocycles. The van der Waals surface area contributed by atoms with Gasteiger partial charge in [0.25, 0.3) is 0 Å². The molecule has 0 spiro atoms. The maximum absolute atomic E-state index is 13.1. The van der Waals surface area contributed by atoms with Gasteiger partial charge in [0, 0.05) is 25.1 Å². The van der Waals surface area contributed by atoms with E-state index in [1.54, 1.807) is 36.9 Å². The van der Waals surface area contributed by atoms with Crippen molar-refractivity contribution in [2.45, 2.75) is 31.7 Å². The number of nitrogens with one attached hydrogen (secondary N) is 1. The van der Waals surface area contributed by atoms with Gasteiger partial charge in [-0.1, -0.05) is 12.1 Å². The largest absolute Gasteiger partial charge is 0.334 e. The van der Waals surface area contributed by atoms with E-state index in [0.717, 1.165) is 30.5 Å². The molecule has 1 aliphatic rings. The Bertz CT molecular complexity index is 966. The molecular weight excluding hydrogens is 371 g/mol. The first-order valence-electron chi connectivity index (χ1n) is 9.59. The molecule has 1 saturated heterocycles. The smallest absolute Gasteiger partial charge is 0.228 e. The number of benzene rings is 1. The Morgan fingerprint density at radius 1 is 1.10 bits per heavy atom. The molecule has 3 heterocycles. The van der Waals surface area contributed by atoms with E-state index in [1.165, 1.54) is 12.1 Å². The number of likely N-dealkylation sites (tertiary alicyclic amines) is 1. The summed E-state index contributed by atoms with van der Waals surface area (Å²) in [4.78, 5) is 31.9. The predicted octanol–water partition coefficient (Wildman–Crippen LogP) is 3.45. The van der Waals surface area contributed by atoms with Crippen molar-refractivity contribution in [3.8, 4) is 0 Å². The Morgan fingerprint density at radius 3 is 2.76 bits per heavy atom. The molecule has 1 fully saturated rings. The Hall–Kier alpha value is -3.42. The van der Waals surface area contributed by atoms with Crippen LogP contribution < -0.4 is 5.32 Å². The van der Waals surface area contributed by atoms with Crippen LogP contribution in [0.5, 0.6) is 0 Å². The van der Waals surface area contributed by atoms with Crippen molar-refractivity contribution >= 4 is 17.7 Å². The molecule has 2 aromatic heterocycles. The van der Waals surface area contributed by atoms with Crippen molar-refractivity contribution < 1.29 is 9.18 Å². The summed E-state index contributed by atoms with van der Waals surface area (Å²) in [5.41, 5.74) is 1.59. The summed E-state index contributed by atoms with van der Waals surface area (Å²) >= 11 is 0. The van der Waals surface area contributed by atoms with Crippen LogP contribution in [0.4, 0.5) is 16.2 Å². The van der Waals surface area contributed by atoms with Gasteiger partial charge in [0.05, 0.1) is 24.4 Å². The van der Waals surface area contributed by atoms with Gasteiger partial charge in [-0.3, -0.25) is 9.78 Å². The van der Waals surface area contributed by atoms with E-state index in [-0.39, 0.29) is 24.2 Å². The molecule has 1 atom stereocenters. The third-order valence-electron chi connectivity index (χ3n) is 4.91. The number of halogens is 1. The number of carbonyl (C=O) groups excluding carboxylic acids is 1. The highest BCUT2D eigenvalue weighted by molar-refractivity contribution is 5.79. The number of carbonyl (C=O) groups is 1. The van der Waals surface area contributed by atoms with Gasteiger partial charge in [-0.2, -0.15) is 0 Å². The summed E-state index contributed by atoms with van der Waals surface area (Å²) in [6.07, 6.45) is 9.53. The maximum Gasteiger partial charge on any atom is 0.228 e. The molecule has 0 bridgehead atoms. The topological polar surface area (TPSA) is 83.9 Å². The van der Waals surface area contributed by atoms with Crippen LogP contribution in [0.3, 0.4) is 0 Å². The second-order valence-electron chi connectivity index (χ2n) is 6.92. The van der Waals surface area contributed by atoms with Gasteiger partial charge in [-0.15, -0.1) is 0 Å². The van der Waals surface area contributed by atoms with Crippen molar-refractivity contribution in [2.75, 3.05) is 11.9 Å². The lowest BCUT2D eigenvalue weighted by Crippen LogP contribution is -2.39. The zero-order chi connectivity index (χ0) is 20.1. The quantitative estimate of drug-likeness (QED) is 0.716. The van der Waals surface area contributed by atoms with Gasteiger partial charge in [0.2, 0.25) is 11.9 Å². The van der Waals surface area contributed by atoms with Crippen molar-refractivity contribution in [2.24, 2.45) is 0 Å². The van der Waals surface area contributed by atoms with Gasteiger partial charge in [-0.05, 0) is 43.0 Å². The fourth-order valence-electron chi connectivity index (χ4n) is 3.51. The third-order valence-corrected chi connectivity index (χ3v) is 4.91. The van der Waals surface area contributed by atoms with E-state index in [4.69, 9.17) is 0 Å². The summed E-state index contributed by atoms with van der Waals surface area (Å²) < 4.78 is 13.1. The molecule has 29 heavy (non-hydrogen) atoms. The van der Waals surface area contributed by atoms with E-state index in [2.05, 4.69) is 25.3 Å². The standard InChI is InChI=1S/C21H21FN6O/c22-16-6-4-15(5-7-16)13-20(29)28-12-2-1-3-18(28)17-8-9-25-21(26-17)27-19-14-23-10-11-24-19/h4-11,14,18H,1-3,12-13H2,(H,24,25,26,27). The molecular formula is C21H21FN6O. The van der Waals surface area contributed by atoms with Crippen LogP contribution in [0.2, 0.25) is 0 Å². The first-order chi connectivity index (χ1) is 14.2. The van der Waals surface area contributed by atoms with E-state index in [9.17, 15) is 9.18 Å². The summed E-state index contributed by atoms with van der Waals surface area (Å²) in [6, 6.07) is 7.80. The number of hydrogen-bond acceptors (Lipinski definition) is 6. The predicted molar refractivity (Wildman–Crippen MR) is 106 cm³/mol. The molecule has 1 N–H and O–H groups in total. The highest BCUT2D eigenvalue weighted by atomic mass is 19.1. The van der Waals surface area contributed by atoms with Crippen LogP contribution in [0.25, 0.3) is 0 Å². The lowest BCUT2D eigenvalue weighted by molar-refractivity contribution is -0.134. The number of aromatic nitrogens is 4. The molecule has 1 aromatic carbocycles. The number of hydrogen-bond donors (Lipinski definition) is 1. The molecule has 4 rings (SSSR count). The van der Waals surface area contributed by atoms with Crippen LogP contribution >= 0.6 is 0 Å². The summed E-state index contributed by atoms with van der Waals surface area (Å²) in [7, 11) is 0.